The van der Waals surface area contributed by atoms with Gasteiger partial charge in [0.15, 0.2) is 0 Å². The van der Waals surface area contributed by atoms with Gasteiger partial charge in [-0.2, -0.15) is 0 Å². The summed E-state index contributed by atoms with van der Waals surface area (Å²) in [5.74, 6) is -0.0300. The molecule has 110 valence electrons. The lowest BCUT2D eigenvalue weighted by atomic mass is 10.1. The summed E-state index contributed by atoms with van der Waals surface area (Å²) in [6, 6.07) is 6.12. The molecule has 0 saturated heterocycles. The molecule has 1 amide bonds. The number of nitrogens with zero attached hydrogens (tertiary/aromatic N) is 1. The zero-order valence-corrected chi connectivity index (χ0v) is 13.2. The van der Waals surface area contributed by atoms with E-state index in [9.17, 15) is 4.79 Å². The lowest BCUT2D eigenvalue weighted by Crippen LogP contribution is -2.17. The number of benzene rings is 1. The fourth-order valence-electron chi connectivity index (χ4n) is 1.61. The van der Waals surface area contributed by atoms with E-state index in [0.29, 0.717) is 13.0 Å². The molecule has 19 heavy (non-hydrogen) atoms. The Morgan fingerprint density at radius 2 is 1.95 bits per heavy atom. The van der Waals surface area contributed by atoms with Gasteiger partial charge in [0.2, 0.25) is 5.91 Å². The molecule has 1 rings (SSSR count). The van der Waals surface area contributed by atoms with Gasteiger partial charge >= 0.3 is 0 Å². The molecular weight excluding hydrogens is 285 g/mol. The molecule has 0 aliphatic heterocycles. The number of carbonyl (C=O) groups excluding carboxylic acids is 1. The van der Waals surface area contributed by atoms with Gasteiger partial charge in [0.05, 0.1) is 0 Å². The number of nitrogens with one attached hydrogen (secondary N) is 1. The van der Waals surface area contributed by atoms with Gasteiger partial charge in [-0.1, -0.05) is 12.1 Å². The van der Waals surface area contributed by atoms with Crippen molar-refractivity contribution >= 4 is 36.4 Å². The molecule has 1 aromatic carbocycles. The van der Waals surface area contributed by atoms with Crippen molar-refractivity contribution in [3.05, 3.63) is 29.3 Å². The second kappa shape index (κ2) is 10.0. The van der Waals surface area contributed by atoms with Crippen LogP contribution in [0.25, 0.3) is 0 Å². The van der Waals surface area contributed by atoms with Crippen molar-refractivity contribution in [2.24, 2.45) is 5.73 Å². The molecule has 0 aliphatic carbocycles. The molecule has 0 saturated carbocycles. The quantitative estimate of drug-likeness (QED) is 0.876. The molecule has 0 aromatic heterocycles. The molecule has 0 radical (unpaired) electrons. The van der Waals surface area contributed by atoms with Crippen molar-refractivity contribution in [1.29, 1.82) is 0 Å². The van der Waals surface area contributed by atoms with Gasteiger partial charge in [-0.3, -0.25) is 4.79 Å². The number of amides is 1. The average molecular weight is 308 g/mol. The summed E-state index contributed by atoms with van der Waals surface area (Å²) in [7, 11) is 4.04. The van der Waals surface area contributed by atoms with E-state index >= 15 is 0 Å². The number of rotatable bonds is 5. The lowest BCUT2D eigenvalue weighted by molar-refractivity contribution is -0.116. The highest BCUT2D eigenvalue weighted by Crippen LogP contribution is 2.17. The van der Waals surface area contributed by atoms with E-state index in [-0.39, 0.29) is 30.7 Å². The van der Waals surface area contributed by atoms with E-state index in [4.69, 9.17) is 5.73 Å². The number of nitrogens with two attached hydrogens (primary N) is 1. The molecule has 0 spiro atoms. The fraction of sp³-hybridized carbons (Fsp3) is 0.462. The van der Waals surface area contributed by atoms with Crippen molar-refractivity contribution in [2.75, 3.05) is 26.0 Å². The first-order valence-corrected chi connectivity index (χ1v) is 5.77. The van der Waals surface area contributed by atoms with Crippen LogP contribution >= 0.6 is 24.8 Å². The van der Waals surface area contributed by atoms with E-state index in [0.717, 1.165) is 17.8 Å². The van der Waals surface area contributed by atoms with Crippen LogP contribution in [0.1, 0.15) is 17.5 Å². The average Bonchev–Trinajstić information content (AvgIpc) is 2.22. The van der Waals surface area contributed by atoms with Gasteiger partial charge in [0.25, 0.3) is 0 Å². The second-order valence-corrected chi connectivity index (χ2v) is 4.47. The van der Waals surface area contributed by atoms with E-state index in [2.05, 4.69) is 16.3 Å². The number of aryl methyl sites for hydroxylation is 1. The Hall–Kier alpha value is -0.810. The Balaban J connectivity index is 0. The van der Waals surface area contributed by atoms with Crippen molar-refractivity contribution in [1.82, 2.24) is 4.90 Å². The second-order valence-electron chi connectivity index (χ2n) is 4.47. The van der Waals surface area contributed by atoms with Gasteiger partial charge in [-0.15, -0.1) is 24.8 Å². The summed E-state index contributed by atoms with van der Waals surface area (Å²) in [6.45, 7) is 3.22. The maximum Gasteiger partial charge on any atom is 0.225 e. The molecule has 6 heteroatoms. The van der Waals surface area contributed by atoms with E-state index < -0.39 is 0 Å². The molecule has 4 nitrogen and oxygen atoms in total. The molecule has 3 N–H and O–H groups in total. The van der Waals surface area contributed by atoms with Gasteiger partial charge < -0.3 is 16.0 Å². The monoisotopic (exact) mass is 307 g/mol. The Morgan fingerprint density at radius 3 is 2.47 bits per heavy atom. The maximum atomic E-state index is 11.5. The number of halogens is 2. The van der Waals surface area contributed by atoms with E-state index in [1.54, 1.807) is 0 Å². The third kappa shape index (κ3) is 7.38. The fourth-order valence-corrected chi connectivity index (χ4v) is 1.61. The van der Waals surface area contributed by atoms with Crippen LogP contribution in [0.4, 0.5) is 5.69 Å². The van der Waals surface area contributed by atoms with Crippen molar-refractivity contribution in [3.63, 3.8) is 0 Å². The minimum absolute atomic E-state index is 0. The highest BCUT2D eigenvalue weighted by molar-refractivity contribution is 5.91. The molecule has 0 bridgehead atoms. The van der Waals surface area contributed by atoms with Gasteiger partial charge in [-0.25, -0.2) is 0 Å². The molecule has 0 unspecified atom stereocenters. The van der Waals surface area contributed by atoms with Crippen LogP contribution < -0.4 is 11.1 Å². The highest BCUT2D eigenvalue weighted by Gasteiger charge is 2.05. The minimum atomic E-state index is -0.0300. The summed E-state index contributed by atoms with van der Waals surface area (Å²) in [4.78, 5) is 13.6. The van der Waals surface area contributed by atoms with Crippen LogP contribution in [-0.4, -0.2) is 31.4 Å². The Kier molecular flexibility index (Phi) is 10.8. The Bertz CT molecular complexity index is 397. The van der Waals surface area contributed by atoms with Crippen LogP contribution in [0.5, 0.6) is 0 Å². The number of carbonyl (C=O) groups is 1. The Morgan fingerprint density at radius 1 is 1.32 bits per heavy atom. The number of hydrogen-bond acceptors (Lipinski definition) is 3. The zero-order valence-electron chi connectivity index (χ0n) is 11.6. The normalized spacial score (nSPS) is 9.53. The third-order valence-electron chi connectivity index (χ3n) is 2.45. The van der Waals surface area contributed by atoms with Crippen LogP contribution in [0.3, 0.4) is 0 Å². The summed E-state index contributed by atoms with van der Waals surface area (Å²) in [5.41, 5.74) is 8.48. The predicted octanol–water partition coefficient (Wildman–Crippen LogP) is 2.19. The first-order chi connectivity index (χ1) is 8.02. The zero-order chi connectivity index (χ0) is 12.8. The maximum absolute atomic E-state index is 11.5. The first kappa shape index (κ1) is 20.5. The first-order valence-electron chi connectivity index (χ1n) is 5.77. The van der Waals surface area contributed by atoms with Crippen LogP contribution in [0.2, 0.25) is 0 Å². The van der Waals surface area contributed by atoms with Gasteiger partial charge in [0, 0.05) is 25.2 Å². The summed E-state index contributed by atoms with van der Waals surface area (Å²) in [6.07, 6.45) is 0.358. The number of anilines is 1. The molecule has 0 atom stereocenters. The van der Waals surface area contributed by atoms with Crippen molar-refractivity contribution < 1.29 is 4.79 Å². The standard InChI is InChI=1S/C13H21N3O.2ClH/c1-10-4-5-11(9-16(2)3)8-12(10)15-13(17)6-7-14;;/h4-5,8H,6-7,9,14H2,1-3H3,(H,15,17);2*1H. The highest BCUT2D eigenvalue weighted by atomic mass is 35.5. The van der Waals surface area contributed by atoms with Crippen molar-refractivity contribution in [3.8, 4) is 0 Å². The van der Waals surface area contributed by atoms with Crippen LogP contribution in [-0.2, 0) is 11.3 Å². The van der Waals surface area contributed by atoms with Gasteiger partial charge in [-0.05, 0) is 38.2 Å². The van der Waals surface area contributed by atoms with E-state index in [1.807, 2.05) is 33.2 Å². The predicted molar refractivity (Wildman–Crippen MR) is 85.4 cm³/mol. The number of hydrogen-bond donors (Lipinski definition) is 2. The molecule has 1 aromatic rings. The minimum Gasteiger partial charge on any atom is -0.330 e. The summed E-state index contributed by atoms with van der Waals surface area (Å²) in [5, 5.41) is 2.89. The Labute approximate surface area is 127 Å². The molecular formula is C13H23Cl2N3O. The SMILES string of the molecule is Cc1ccc(CN(C)C)cc1NC(=O)CCN.Cl.Cl. The topological polar surface area (TPSA) is 58.4 Å². The molecule has 0 aliphatic rings. The third-order valence-corrected chi connectivity index (χ3v) is 2.45. The largest absolute Gasteiger partial charge is 0.330 e. The molecule has 0 heterocycles. The lowest BCUT2D eigenvalue weighted by Gasteiger charge is -2.13. The van der Waals surface area contributed by atoms with Crippen LogP contribution in [0, 0.1) is 6.92 Å². The van der Waals surface area contributed by atoms with Crippen molar-refractivity contribution in [2.45, 2.75) is 19.9 Å². The van der Waals surface area contributed by atoms with E-state index in [1.165, 1.54) is 5.56 Å². The summed E-state index contributed by atoms with van der Waals surface area (Å²) >= 11 is 0. The summed E-state index contributed by atoms with van der Waals surface area (Å²) < 4.78 is 0. The smallest absolute Gasteiger partial charge is 0.225 e. The van der Waals surface area contributed by atoms with Gasteiger partial charge in [0.1, 0.15) is 0 Å². The van der Waals surface area contributed by atoms with Crippen LogP contribution in [0.15, 0.2) is 18.2 Å². The molecule has 0 fully saturated rings.